The monoisotopic (exact) mass is 433 g/mol. The lowest BCUT2D eigenvalue weighted by atomic mass is 10.2. The number of hydrogen-bond acceptors (Lipinski definition) is 3. The molecule has 0 amide bonds. The molecule has 0 aromatic heterocycles. The number of carbonyl (C=O) groups is 1. The van der Waals surface area contributed by atoms with Crippen LogP contribution in [0, 0.1) is 0 Å². The van der Waals surface area contributed by atoms with E-state index in [1.165, 1.54) is 5.56 Å². The molecule has 0 atom stereocenters. The van der Waals surface area contributed by atoms with E-state index in [0.29, 0.717) is 13.0 Å². The van der Waals surface area contributed by atoms with Gasteiger partial charge < -0.3 is 0 Å². The van der Waals surface area contributed by atoms with Crippen LogP contribution in [0.4, 0.5) is 0 Å². The van der Waals surface area contributed by atoms with Gasteiger partial charge in [-0.2, -0.15) is 0 Å². The average molecular weight is 435 g/mol. The minimum atomic E-state index is -0.287. The van der Waals surface area contributed by atoms with Crippen LogP contribution < -0.4 is 0 Å². The highest BCUT2D eigenvalue weighted by Crippen LogP contribution is 2.23. The lowest BCUT2D eigenvalue weighted by Gasteiger charge is -2.17. The first-order chi connectivity index (χ1) is 7.61. The molecule has 0 heterocycles. The second-order valence-electron chi connectivity index (χ2n) is 3.17. The highest BCUT2D eigenvalue weighted by atomic mass is 127. The minimum Gasteiger partial charge on any atom is -0.281 e. The third-order valence-electron chi connectivity index (χ3n) is 1.90. The molecule has 1 aromatic rings. The van der Waals surface area contributed by atoms with Gasteiger partial charge in [0.05, 0.1) is 0 Å². The summed E-state index contributed by atoms with van der Waals surface area (Å²) in [4.78, 5) is 10.7. The molecule has 0 N–H and O–H groups in total. The maximum absolute atomic E-state index is 10.7. The molecule has 6 heteroatoms. The Hall–Kier alpha value is 0.700. The Balaban J connectivity index is 2.52. The maximum atomic E-state index is 10.7. The smallest absolute Gasteiger partial charge is 0.222 e. The summed E-state index contributed by atoms with van der Waals surface area (Å²) in [5.74, 6) is 0. The van der Waals surface area contributed by atoms with Gasteiger partial charge in [0.15, 0.2) is 0 Å². The van der Waals surface area contributed by atoms with Crippen molar-refractivity contribution < 1.29 is 4.79 Å². The Morgan fingerprint density at radius 2 is 2.31 bits per heavy atom. The van der Waals surface area contributed by atoms with Gasteiger partial charge in [0, 0.05) is 45.2 Å². The Morgan fingerprint density at radius 1 is 1.56 bits per heavy atom. The highest BCUT2D eigenvalue weighted by molar-refractivity contribution is 14.2. The normalized spacial score (nSPS) is 10.8. The largest absolute Gasteiger partial charge is 0.281 e. The van der Waals surface area contributed by atoms with Gasteiger partial charge in [-0.3, -0.25) is 4.79 Å². The van der Waals surface area contributed by atoms with Gasteiger partial charge in [0.25, 0.3) is 0 Å². The second kappa shape index (κ2) is 7.92. The number of halogens is 3. The number of nitrogens with zero attached hydrogens (tertiary/aromatic N) is 1. The second-order valence-corrected chi connectivity index (χ2v) is 6.34. The van der Waals surface area contributed by atoms with Crippen molar-refractivity contribution in [1.29, 1.82) is 0 Å². The van der Waals surface area contributed by atoms with Crippen molar-refractivity contribution in [2.45, 2.75) is 13.0 Å². The van der Waals surface area contributed by atoms with Crippen LogP contribution >= 0.6 is 57.9 Å². The van der Waals surface area contributed by atoms with Crippen molar-refractivity contribution in [2.75, 3.05) is 6.54 Å². The van der Waals surface area contributed by atoms with E-state index in [-0.39, 0.29) is 5.24 Å². The van der Waals surface area contributed by atoms with E-state index in [1.807, 2.05) is 12.1 Å². The summed E-state index contributed by atoms with van der Waals surface area (Å²) in [6, 6.07) is 8.13. The van der Waals surface area contributed by atoms with Gasteiger partial charge in [0.2, 0.25) is 5.24 Å². The van der Waals surface area contributed by atoms with E-state index >= 15 is 0 Å². The van der Waals surface area contributed by atoms with Crippen molar-refractivity contribution in [3.63, 3.8) is 0 Å². The third kappa shape index (κ3) is 5.86. The predicted octanol–water partition coefficient (Wildman–Crippen LogP) is 4.40. The van der Waals surface area contributed by atoms with Crippen molar-refractivity contribution in [3.8, 4) is 0 Å². The van der Waals surface area contributed by atoms with Crippen LogP contribution in [-0.4, -0.2) is 16.1 Å². The molecule has 1 rings (SSSR count). The van der Waals surface area contributed by atoms with Crippen molar-refractivity contribution in [1.82, 2.24) is 4.31 Å². The maximum Gasteiger partial charge on any atom is 0.222 e. The molecule has 0 saturated heterocycles. The van der Waals surface area contributed by atoms with Gasteiger partial charge >= 0.3 is 0 Å². The molecule has 0 fully saturated rings. The summed E-state index contributed by atoms with van der Waals surface area (Å²) in [6.07, 6.45) is 0.381. The molecule has 88 valence electrons. The van der Waals surface area contributed by atoms with Gasteiger partial charge in [0.1, 0.15) is 0 Å². The van der Waals surface area contributed by atoms with Gasteiger partial charge in [-0.1, -0.05) is 28.1 Å². The molecule has 0 aliphatic rings. The molecular formula is C10H10BrClINOS. The molecule has 0 saturated carbocycles. The van der Waals surface area contributed by atoms with E-state index in [9.17, 15) is 4.79 Å². The van der Waals surface area contributed by atoms with Crippen LogP contribution in [0.25, 0.3) is 0 Å². The fourth-order valence-electron chi connectivity index (χ4n) is 1.19. The zero-order valence-corrected chi connectivity index (χ0v) is 13.6. The average Bonchev–Trinajstić information content (AvgIpc) is 2.24. The Bertz CT molecular complexity index is 366. The van der Waals surface area contributed by atoms with E-state index in [2.05, 4.69) is 53.6 Å². The Labute approximate surface area is 125 Å². The Kier molecular flexibility index (Phi) is 7.30. The first-order valence-corrected chi connectivity index (χ1v) is 9.07. The number of rotatable bonds is 6. The summed E-state index contributed by atoms with van der Waals surface area (Å²) in [5.41, 5.74) is 1.21. The lowest BCUT2D eigenvalue weighted by molar-refractivity contribution is -0.111. The van der Waals surface area contributed by atoms with Crippen LogP contribution in [0.1, 0.15) is 12.0 Å². The van der Waals surface area contributed by atoms with Crippen LogP contribution in [-0.2, 0) is 11.3 Å². The highest BCUT2D eigenvalue weighted by Gasteiger charge is 2.07. The summed E-state index contributed by atoms with van der Waals surface area (Å²) in [7, 11) is 1.59. The van der Waals surface area contributed by atoms with Crippen LogP contribution in [0.5, 0.6) is 0 Å². The summed E-state index contributed by atoms with van der Waals surface area (Å²) < 4.78 is 3.17. The molecule has 0 bridgehead atoms. The van der Waals surface area contributed by atoms with Gasteiger partial charge in [-0.05, 0) is 38.4 Å². The Morgan fingerprint density at radius 3 is 2.88 bits per heavy atom. The minimum absolute atomic E-state index is 0.287. The van der Waals surface area contributed by atoms with E-state index in [4.69, 9.17) is 11.6 Å². The molecule has 16 heavy (non-hydrogen) atoms. The molecule has 0 unspecified atom stereocenters. The van der Waals surface area contributed by atoms with Crippen LogP contribution in [0.3, 0.4) is 0 Å². The molecule has 1 aromatic carbocycles. The topological polar surface area (TPSA) is 20.3 Å². The van der Waals surface area contributed by atoms with Crippen LogP contribution in [0.2, 0.25) is 0 Å². The quantitative estimate of drug-likeness (QED) is 0.376. The third-order valence-corrected chi connectivity index (χ3v) is 4.76. The van der Waals surface area contributed by atoms with Crippen molar-refractivity contribution in [2.24, 2.45) is 0 Å². The molecule has 0 aliphatic heterocycles. The van der Waals surface area contributed by atoms with Gasteiger partial charge in [-0.15, -0.1) is 0 Å². The lowest BCUT2D eigenvalue weighted by Crippen LogP contribution is -2.16. The molecule has 0 aliphatic carbocycles. The predicted molar refractivity (Wildman–Crippen MR) is 81.6 cm³/mol. The first-order valence-electron chi connectivity index (χ1n) is 4.58. The van der Waals surface area contributed by atoms with Crippen LogP contribution in [0.15, 0.2) is 28.7 Å². The van der Waals surface area contributed by atoms with E-state index in [0.717, 1.165) is 11.0 Å². The van der Waals surface area contributed by atoms with Crippen molar-refractivity contribution >= 4 is 63.1 Å². The SMILES string of the molecule is O=C(Cl)CCN(Cc1cccc(Br)c1)SI. The summed E-state index contributed by atoms with van der Waals surface area (Å²) in [6.45, 7) is 1.47. The standard InChI is InChI=1S/C10H10BrClINOS/c11-9-3-1-2-8(6-9)7-14(16-13)5-4-10(12)15/h1-3,6H,4-5,7H2. The fourth-order valence-corrected chi connectivity index (χ4v) is 3.09. The molecular weight excluding hydrogens is 424 g/mol. The van der Waals surface area contributed by atoms with E-state index < -0.39 is 0 Å². The number of carbonyl (C=O) groups excluding carboxylic acids is 1. The number of benzene rings is 1. The van der Waals surface area contributed by atoms with Gasteiger partial charge in [-0.25, -0.2) is 4.31 Å². The molecule has 0 radical (unpaired) electrons. The van der Waals surface area contributed by atoms with Crippen molar-refractivity contribution in [3.05, 3.63) is 34.3 Å². The summed E-state index contributed by atoms with van der Waals surface area (Å²) in [5, 5.41) is -0.287. The zero-order chi connectivity index (χ0) is 12.0. The first kappa shape index (κ1) is 14.8. The summed E-state index contributed by atoms with van der Waals surface area (Å²) >= 11 is 11.0. The zero-order valence-electron chi connectivity index (χ0n) is 8.33. The molecule has 0 spiro atoms. The fraction of sp³-hybridized carbons (Fsp3) is 0.300. The van der Waals surface area contributed by atoms with E-state index in [1.54, 1.807) is 9.12 Å². The molecule has 2 nitrogen and oxygen atoms in total. The number of hydrogen-bond donors (Lipinski definition) is 0.